The van der Waals surface area contributed by atoms with E-state index < -0.39 is 4.33 Å². The minimum absolute atomic E-state index is 0.0696. The van der Waals surface area contributed by atoms with Crippen LogP contribution in [0.1, 0.15) is 25.7 Å². The highest BCUT2D eigenvalue weighted by molar-refractivity contribution is 6.51. The molecular weight excluding hydrogens is 324 g/mol. The van der Waals surface area contributed by atoms with E-state index in [1.54, 1.807) is 12.1 Å². The van der Waals surface area contributed by atoms with E-state index >= 15 is 0 Å². The van der Waals surface area contributed by atoms with Gasteiger partial charge in [0.2, 0.25) is 5.91 Å². The van der Waals surface area contributed by atoms with Crippen LogP contribution >= 0.6 is 23.2 Å². The van der Waals surface area contributed by atoms with Crippen molar-refractivity contribution < 1.29 is 9.18 Å². The Kier molecular flexibility index (Phi) is 3.43. The van der Waals surface area contributed by atoms with Gasteiger partial charge in [-0.25, -0.2) is 4.39 Å². The molecule has 0 aliphatic heterocycles. The Bertz CT molecular complexity index is 581. The number of carbonyl (C=O) groups excluding carboxylic acids is 1. The molecule has 1 aromatic carbocycles. The maximum Gasteiger partial charge on any atom is 0.228 e. The van der Waals surface area contributed by atoms with Crippen LogP contribution in [0, 0.1) is 35.4 Å². The van der Waals surface area contributed by atoms with Crippen LogP contribution in [0.3, 0.4) is 0 Å². The fourth-order valence-electron chi connectivity index (χ4n) is 4.37. The fraction of sp³-hybridized carbons (Fsp3) is 0.588. The molecule has 3 aliphatic rings. The second-order valence-corrected chi connectivity index (χ2v) is 8.34. The number of benzene rings is 1. The first-order valence-electron chi connectivity index (χ1n) is 7.92. The van der Waals surface area contributed by atoms with Gasteiger partial charge in [-0.1, -0.05) is 0 Å². The first kappa shape index (κ1) is 14.8. The highest BCUT2D eigenvalue weighted by atomic mass is 35.5. The van der Waals surface area contributed by atoms with Gasteiger partial charge in [-0.2, -0.15) is 0 Å². The number of nitrogens with one attached hydrogen (secondary N) is 1. The van der Waals surface area contributed by atoms with E-state index in [-0.39, 0.29) is 17.6 Å². The highest BCUT2D eigenvalue weighted by Crippen LogP contribution is 2.67. The molecular formula is C17H18Cl2FNO. The van der Waals surface area contributed by atoms with Gasteiger partial charge in [0, 0.05) is 11.6 Å². The van der Waals surface area contributed by atoms with Gasteiger partial charge in [-0.3, -0.25) is 4.79 Å². The molecule has 3 aliphatic carbocycles. The average Bonchev–Trinajstić information content (AvgIpc) is 3.26. The van der Waals surface area contributed by atoms with E-state index in [0.29, 0.717) is 29.4 Å². The molecule has 3 fully saturated rings. The zero-order valence-electron chi connectivity index (χ0n) is 12.1. The van der Waals surface area contributed by atoms with Gasteiger partial charge in [0.05, 0.1) is 0 Å². The molecule has 0 saturated heterocycles. The Morgan fingerprint density at radius 3 is 2.14 bits per heavy atom. The second kappa shape index (κ2) is 5.10. The predicted molar refractivity (Wildman–Crippen MR) is 85.4 cm³/mol. The number of fused-ring (bicyclic) bond motifs is 2. The number of rotatable bonds is 2. The lowest BCUT2D eigenvalue weighted by atomic mass is 10.0. The van der Waals surface area contributed by atoms with Crippen molar-refractivity contribution in [2.45, 2.75) is 30.0 Å². The molecule has 4 rings (SSSR count). The minimum Gasteiger partial charge on any atom is -0.326 e. The molecule has 2 nitrogen and oxygen atoms in total. The molecule has 0 spiro atoms. The molecule has 1 N–H and O–H groups in total. The number of anilines is 1. The smallest absolute Gasteiger partial charge is 0.228 e. The summed E-state index contributed by atoms with van der Waals surface area (Å²) < 4.78 is 12.4. The standard InChI is InChI=1S/C17H18Cl2FNO/c18-17(19)13-7-5-11-12(6-8-14(13)17)15(11)16(22)21-10-3-1-9(20)2-4-10/h1-4,11-15H,5-8H2,(H,21,22)/t11-,12-,13-,14+,15?/m1/s1. The Morgan fingerprint density at radius 2 is 1.59 bits per heavy atom. The van der Waals surface area contributed by atoms with Gasteiger partial charge in [-0.05, 0) is 73.6 Å². The summed E-state index contributed by atoms with van der Waals surface area (Å²) in [6.45, 7) is 0. The maximum atomic E-state index is 12.9. The number of amides is 1. The van der Waals surface area contributed by atoms with E-state index in [4.69, 9.17) is 23.2 Å². The summed E-state index contributed by atoms with van der Waals surface area (Å²) in [4.78, 5) is 12.4. The molecule has 5 atom stereocenters. The van der Waals surface area contributed by atoms with Crippen LogP contribution in [-0.4, -0.2) is 10.2 Å². The molecule has 22 heavy (non-hydrogen) atoms. The van der Waals surface area contributed by atoms with E-state index in [1.165, 1.54) is 12.1 Å². The van der Waals surface area contributed by atoms with Crippen LogP contribution in [0.2, 0.25) is 0 Å². The van der Waals surface area contributed by atoms with Gasteiger partial charge in [-0.15, -0.1) is 23.2 Å². The van der Waals surface area contributed by atoms with Gasteiger partial charge in [0.1, 0.15) is 10.2 Å². The van der Waals surface area contributed by atoms with Crippen molar-refractivity contribution in [1.82, 2.24) is 0 Å². The van der Waals surface area contributed by atoms with E-state index in [9.17, 15) is 9.18 Å². The lowest BCUT2D eigenvalue weighted by molar-refractivity contribution is -0.117. The van der Waals surface area contributed by atoms with Crippen LogP contribution in [0.25, 0.3) is 0 Å². The third-order valence-electron chi connectivity index (χ3n) is 5.73. The number of carbonyl (C=O) groups is 1. The van der Waals surface area contributed by atoms with Crippen molar-refractivity contribution in [3.05, 3.63) is 30.1 Å². The largest absolute Gasteiger partial charge is 0.326 e. The van der Waals surface area contributed by atoms with Crippen LogP contribution in [-0.2, 0) is 4.79 Å². The molecule has 0 radical (unpaired) electrons. The summed E-state index contributed by atoms with van der Waals surface area (Å²) in [6.07, 6.45) is 4.13. The lowest BCUT2D eigenvalue weighted by Gasteiger charge is -2.05. The van der Waals surface area contributed by atoms with Crippen LogP contribution in [0.15, 0.2) is 24.3 Å². The summed E-state index contributed by atoms with van der Waals surface area (Å²) >= 11 is 12.6. The third kappa shape index (κ3) is 2.43. The summed E-state index contributed by atoms with van der Waals surface area (Å²) in [5, 5.41) is 2.91. The van der Waals surface area contributed by atoms with Crippen LogP contribution in [0.5, 0.6) is 0 Å². The Hall–Kier alpha value is -0.800. The normalized spacial score (nSPS) is 38.0. The van der Waals surface area contributed by atoms with E-state index in [0.717, 1.165) is 25.7 Å². The molecule has 5 heteroatoms. The molecule has 0 aromatic heterocycles. The minimum atomic E-state index is -0.511. The second-order valence-electron chi connectivity index (χ2n) is 6.89. The SMILES string of the molecule is O=C(Nc1ccc(F)cc1)C1[C@@H]2CC[C@@H]3[C@H](CC[C@@H]12)C3(Cl)Cl. The first-order chi connectivity index (χ1) is 10.5. The summed E-state index contributed by atoms with van der Waals surface area (Å²) in [6, 6.07) is 5.92. The predicted octanol–water partition coefficient (Wildman–Crippen LogP) is 4.62. The lowest BCUT2D eigenvalue weighted by Crippen LogP contribution is -2.15. The molecule has 3 saturated carbocycles. The van der Waals surface area contributed by atoms with Crippen LogP contribution < -0.4 is 5.32 Å². The Morgan fingerprint density at radius 1 is 1.05 bits per heavy atom. The topological polar surface area (TPSA) is 29.1 Å². The van der Waals surface area contributed by atoms with Crippen molar-refractivity contribution in [3.8, 4) is 0 Å². The molecule has 1 aromatic rings. The zero-order valence-corrected chi connectivity index (χ0v) is 13.6. The van der Waals surface area contributed by atoms with Crippen molar-refractivity contribution in [3.63, 3.8) is 0 Å². The number of halogens is 3. The molecule has 1 amide bonds. The summed E-state index contributed by atoms with van der Waals surface area (Å²) in [5.41, 5.74) is 0.661. The Balaban J connectivity index is 1.37. The maximum absolute atomic E-state index is 12.9. The van der Waals surface area contributed by atoms with Crippen LogP contribution in [0.4, 0.5) is 10.1 Å². The molecule has 0 heterocycles. The van der Waals surface area contributed by atoms with E-state index in [1.807, 2.05) is 0 Å². The quantitative estimate of drug-likeness (QED) is 0.781. The Labute approximate surface area is 139 Å². The van der Waals surface area contributed by atoms with Crippen molar-refractivity contribution in [1.29, 1.82) is 0 Å². The zero-order chi connectivity index (χ0) is 15.5. The van der Waals surface area contributed by atoms with Crippen molar-refractivity contribution >= 4 is 34.8 Å². The molecule has 1 unspecified atom stereocenters. The fourth-order valence-corrected chi connectivity index (χ4v) is 5.29. The van der Waals surface area contributed by atoms with Gasteiger partial charge in [0.15, 0.2) is 0 Å². The monoisotopic (exact) mass is 341 g/mol. The van der Waals surface area contributed by atoms with E-state index in [2.05, 4.69) is 5.32 Å². The molecule has 118 valence electrons. The molecule has 0 bridgehead atoms. The number of hydrogen-bond acceptors (Lipinski definition) is 1. The van der Waals surface area contributed by atoms with Crippen molar-refractivity contribution in [2.24, 2.45) is 29.6 Å². The van der Waals surface area contributed by atoms with Gasteiger partial charge in [0.25, 0.3) is 0 Å². The average molecular weight is 342 g/mol. The first-order valence-corrected chi connectivity index (χ1v) is 8.68. The highest BCUT2D eigenvalue weighted by Gasteiger charge is 2.65. The number of alkyl halides is 2. The third-order valence-corrected chi connectivity index (χ3v) is 6.85. The van der Waals surface area contributed by atoms with Gasteiger partial charge >= 0.3 is 0 Å². The summed E-state index contributed by atoms with van der Waals surface area (Å²) in [5.74, 6) is 1.63. The summed E-state index contributed by atoms with van der Waals surface area (Å²) in [7, 11) is 0. The van der Waals surface area contributed by atoms with Gasteiger partial charge < -0.3 is 5.32 Å². The number of hydrogen-bond donors (Lipinski definition) is 1. The van der Waals surface area contributed by atoms with Crippen molar-refractivity contribution in [2.75, 3.05) is 5.32 Å².